The van der Waals surface area contributed by atoms with Crippen molar-refractivity contribution >= 4 is 6.09 Å². The number of aliphatic hydroxyl groups excluding tert-OH is 1. The molecule has 1 amide bonds. The minimum atomic E-state index is -0.203. The maximum atomic E-state index is 11.9. The number of H-pyrrole nitrogens is 1. The SMILES string of the molecule is CCOC(=O)N1CCC(N2CCc3nc(-c4cccc(CO)c4)[nH]c3C2)C1. The summed E-state index contributed by atoms with van der Waals surface area (Å²) in [6.07, 6.45) is 1.68. The Morgan fingerprint density at radius 2 is 2.30 bits per heavy atom. The fourth-order valence-corrected chi connectivity index (χ4v) is 4.00. The van der Waals surface area contributed by atoms with E-state index >= 15 is 0 Å². The summed E-state index contributed by atoms with van der Waals surface area (Å²) in [7, 11) is 0. The molecule has 7 nitrogen and oxygen atoms in total. The van der Waals surface area contributed by atoms with Crippen LogP contribution in [0.5, 0.6) is 0 Å². The van der Waals surface area contributed by atoms with Crippen molar-refractivity contribution < 1.29 is 14.6 Å². The second-order valence-electron chi connectivity index (χ2n) is 7.18. The summed E-state index contributed by atoms with van der Waals surface area (Å²) < 4.78 is 5.12. The summed E-state index contributed by atoms with van der Waals surface area (Å²) in [6.45, 7) is 5.55. The van der Waals surface area contributed by atoms with E-state index in [0.29, 0.717) is 12.6 Å². The van der Waals surface area contributed by atoms with Crippen LogP contribution in [0.25, 0.3) is 11.4 Å². The summed E-state index contributed by atoms with van der Waals surface area (Å²) in [5.74, 6) is 0.858. The number of aromatic amines is 1. The Kier molecular flexibility index (Phi) is 5.13. The Hall–Kier alpha value is -2.38. The zero-order valence-electron chi connectivity index (χ0n) is 15.6. The second-order valence-corrected chi connectivity index (χ2v) is 7.18. The number of hydrogen-bond donors (Lipinski definition) is 2. The first-order valence-electron chi connectivity index (χ1n) is 9.61. The Morgan fingerprint density at radius 3 is 3.11 bits per heavy atom. The fourth-order valence-electron chi connectivity index (χ4n) is 4.00. The van der Waals surface area contributed by atoms with Gasteiger partial charge in [0.25, 0.3) is 0 Å². The summed E-state index contributed by atoms with van der Waals surface area (Å²) in [5, 5.41) is 9.35. The van der Waals surface area contributed by atoms with Crippen molar-refractivity contribution in [2.45, 2.75) is 39.0 Å². The molecular formula is C20H26N4O3. The van der Waals surface area contributed by atoms with E-state index in [-0.39, 0.29) is 12.7 Å². The number of carbonyl (C=O) groups is 1. The number of fused-ring (bicyclic) bond motifs is 1. The molecule has 0 saturated carbocycles. The normalized spacial score (nSPS) is 19.9. The molecular weight excluding hydrogens is 344 g/mol. The zero-order chi connectivity index (χ0) is 18.8. The number of carbonyl (C=O) groups excluding carboxylic acids is 1. The highest BCUT2D eigenvalue weighted by Gasteiger charge is 2.33. The molecule has 27 heavy (non-hydrogen) atoms. The number of benzene rings is 1. The highest BCUT2D eigenvalue weighted by atomic mass is 16.6. The molecule has 0 aliphatic carbocycles. The third-order valence-electron chi connectivity index (χ3n) is 5.45. The summed E-state index contributed by atoms with van der Waals surface area (Å²) in [6, 6.07) is 8.19. The minimum absolute atomic E-state index is 0.0285. The lowest BCUT2D eigenvalue weighted by atomic mass is 10.1. The maximum Gasteiger partial charge on any atom is 0.409 e. The number of hydrogen-bond acceptors (Lipinski definition) is 5. The highest BCUT2D eigenvalue weighted by molar-refractivity contribution is 5.68. The van der Waals surface area contributed by atoms with Crippen molar-refractivity contribution in [1.82, 2.24) is 19.8 Å². The number of likely N-dealkylation sites (tertiary alicyclic amines) is 1. The molecule has 7 heteroatoms. The summed E-state index contributed by atoms with van der Waals surface area (Å²) >= 11 is 0. The monoisotopic (exact) mass is 370 g/mol. The molecule has 1 fully saturated rings. The molecule has 2 aliphatic heterocycles. The van der Waals surface area contributed by atoms with Gasteiger partial charge in [-0.3, -0.25) is 4.90 Å². The largest absolute Gasteiger partial charge is 0.450 e. The molecule has 1 aromatic heterocycles. The third kappa shape index (κ3) is 3.70. The van der Waals surface area contributed by atoms with Crippen LogP contribution in [0, 0.1) is 0 Å². The van der Waals surface area contributed by atoms with Gasteiger partial charge in [-0.25, -0.2) is 9.78 Å². The van der Waals surface area contributed by atoms with Gasteiger partial charge in [0.1, 0.15) is 5.82 Å². The van der Waals surface area contributed by atoms with Crippen molar-refractivity contribution in [3.05, 3.63) is 41.2 Å². The van der Waals surface area contributed by atoms with Crippen LogP contribution in [0.3, 0.4) is 0 Å². The number of aromatic nitrogens is 2. The van der Waals surface area contributed by atoms with E-state index in [4.69, 9.17) is 9.72 Å². The van der Waals surface area contributed by atoms with E-state index in [0.717, 1.165) is 67.4 Å². The third-order valence-corrected chi connectivity index (χ3v) is 5.45. The van der Waals surface area contributed by atoms with Crippen LogP contribution in [0.1, 0.15) is 30.3 Å². The van der Waals surface area contributed by atoms with Crippen LogP contribution in [0.15, 0.2) is 24.3 Å². The lowest BCUT2D eigenvalue weighted by Gasteiger charge is -2.31. The summed E-state index contributed by atoms with van der Waals surface area (Å²) in [4.78, 5) is 24.4. The van der Waals surface area contributed by atoms with Crippen LogP contribution in [0.2, 0.25) is 0 Å². The molecule has 0 radical (unpaired) electrons. The number of amides is 1. The fraction of sp³-hybridized carbons (Fsp3) is 0.500. The van der Waals surface area contributed by atoms with Gasteiger partial charge in [-0.2, -0.15) is 0 Å². The Bertz CT molecular complexity index is 819. The van der Waals surface area contributed by atoms with E-state index in [1.807, 2.05) is 36.1 Å². The van der Waals surface area contributed by atoms with Gasteiger partial charge in [0.2, 0.25) is 0 Å². The number of nitrogens with one attached hydrogen (secondary N) is 1. The molecule has 1 saturated heterocycles. The molecule has 3 heterocycles. The molecule has 144 valence electrons. The molecule has 2 aromatic rings. The lowest BCUT2D eigenvalue weighted by Crippen LogP contribution is -2.41. The highest BCUT2D eigenvalue weighted by Crippen LogP contribution is 2.26. The van der Waals surface area contributed by atoms with E-state index in [1.165, 1.54) is 0 Å². The number of nitrogens with zero attached hydrogens (tertiary/aromatic N) is 3. The summed E-state index contributed by atoms with van der Waals surface area (Å²) in [5.41, 5.74) is 4.15. The first-order valence-corrected chi connectivity index (χ1v) is 9.61. The minimum Gasteiger partial charge on any atom is -0.450 e. The quantitative estimate of drug-likeness (QED) is 0.862. The predicted molar refractivity (Wildman–Crippen MR) is 101 cm³/mol. The molecule has 2 N–H and O–H groups in total. The van der Waals surface area contributed by atoms with E-state index in [1.54, 1.807) is 0 Å². The van der Waals surface area contributed by atoms with Crippen LogP contribution < -0.4 is 0 Å². The van der Waals surface area contributed by atoms with Gasteiger partial charge in [-0.15, -0.1) is 0 Å². The Morgan fingerprint density at radius 1 is 1.41 bits per heavy atom. The van der Waals surface area contributed by atoms with Gasteiger partial charge in [-0.1, -0.05) is 18.2 Å². The number of ether oxygens (including phenoxy) is 1. The molecule has 0 bridgehead atoms. The smallest absolute Gasteiger partial charge is 0.409 e. The van der Waals surface area contributed by atoms with Gasteiger partial charge in [0, 0.05) is 44.2 Å². The predicted octanol–water partition coefficient (Wildman–Crippen LogP) is 2.16. The van der Waals surface area contributed by atoms with E-state index in [2.05, 4.69) is 9.88 Å². The van der Waals surface area contributed by atoms with Crippen molar-refractivity contribution in [3.63, 3.8) is 0 Å². The maximum absolute atomic E-state index is 11.9. The molecule has 0 spiro atoms. The first kappa shape index (κ1) is 18.0. The van der Waals surface area contributed by atoms with Gasteiger partial charge >= 0.3 is 6.09 Å². The van der Waals surface area contributed by atoms with Crippen LogP contribution >= 0.6 is 0 Å². The Balaban J connectivity index is 1.45. The van der Waals surface area contributed by atoms with Gasteiger partial charge in [0.05, 0.1) is 24.6 Å². The lowest BCUT2D eigenvalue weighted by molar-refractivity contribution is 0.109. The molecule has 1 unspecified atom stereocenters. The van der Waals surface area contributed by atoms with Crippen molar-refractivity contribution in [1.29, 1.82) is 0 Å². The van der Waals surface area contributed by atoms with E-state index < -0.39 is 0 Å². The van der Waals surface area contributed by atoms with Gasteiger partial charge in [0.15, 0.2) is 0 Å². The van der Waals surface area contributed by atoms with Crippen LogP contribution in [-0.4, -0.2) is 63.3 Å². The first-order chi connectivity index (χ1) is 13.2. The van der Waals surface area contributed by atoms with Crippen LogP contribution in [0.4, 0.5) is 4.79 Å². The second kappa shape index (κ2) is 7.70. The molecule has 2 aliphatic rings. The topological polar surface area (TPSA) is 81.7 Å². The average molecular weight is 370 g/mol. The molecule has 1 aromatic carbocycles. The van der Waals surface area contributed by atoms with Crippen molar-refractivity contribution in [3.8, 4) is 11.4 Å². The zero-order valence-corrected chi connectivity index (χ0v) is 15.6. The molecule has 4 rings (SSSR count). The standard InChI is InChI=1S/C20H26N4O3/c1-2-27-20(26)24-8-6-16(11-24)23-9-7-17-18(12-23)22-19(21-17)15-5-3-4-14(10-15)13-25/h3-5,10,16,25H,2,6-9,11-13H2,1H3,(H,21,22). The molecule has 1 atom stereocenters. The van der Waals surface area contributed by atoms with Gasteiger partial charge < -0.3 is 19.7 Å². The number of rotatable bonds is 4. The van der Waals surface area contributed by atoms with Crippen molar-refractivity contribution in [2.75, 3.05) is 26.2 Å². The number of aliphatic hydroxyl groups is 1. The van der Waals surface area contributed by atoms with Gasteiger partial charge in [-0.05, 0) is 25.0 Å². The van der Waals surface area contributed by atoms with Crippen molar-refractivity contribution in [2.24, 2.45) is 0 Å². The Labute approximate surface area is 159 Å². The average Bonchev–Trinajstić information content (AvgIpc) is 3.35. The van der Waals surface area contributed by atoms with E-state index in [9.17, 15) is 9.90 Å². The number of imidazole rings is 1. The van der Waals surface area contributed by atoms with Crippen LogP contribution in [-0.2, 0) is 24.3 Å².